The van der Waals surface area contributed by atoms with Crippen LogP contribution in [0, 0.1) is 11.8 Å². The molecule has 0 aromatic heterocycles. The van der Waals surface area contributed by atoms with Gasteiger partial charge in [0.25, 0.3) is 0 Å². The van der Waals surface area contributed by atoms with Gasteiger partial charge < -0.3 is 10.2 Å². The molecule has 0 fully saturated rings. The lowest BCUT2D eigenvalue weighted by molar-refractivity contribution is 0.0433. The number of nitrogens with zero attached hydrogens (tertiary/aromatic N) is 3. The fraction of sp³-hybridized carbons (Fsp3) is 0.818. The minimum Gasteiger partial charge on any atom is -0.392 e. The van der Waals surface area contributed by atoms with Crippen LogP contribution in [0.1, 0.15) is 39.0 Å². The van der Waals surface area contributed by atoms with E-state index in [0.29, 0.717) is 6.42 Å². The van der Waals surface area contributed by atoms with E-state index in [4.69, 9.17) is 10.6 Å². The van der Waals surface area contributed by atoms with Crippen molar-refractivity contribution in [2.45, 2.75) is 44.6 Å². The van der Waals surface area contributed by atoms with Gasteiger partial charge in [-0.1, -0.05) is 37.2 Å². The van der Waals surface area contributed by atoms with Gasteiger partial charge >= 0.3 is 0 Å². The first kappa shape index (κ1) is 14.8. The van der Waals surface area contributed by atoms with Crippen LogP contribution >= 0.6 is 0 Å². The van der Waals surface area contributed by atoms with E-state index >= 15 is 0 Å². The normalized spacial score (nSPS) is 13.2. The molecule has 0 unspecified atom stereocenters. The second kappa shape index (κ2) is 9.05. The Morgan fingerprint density at radius 2 is 2.12 bits per heavy atom. The molecule has 1 atom stereocenters. The highest BCUT2D eigenvalue weighted by atomic mass is 16.3. The summed E-state index contributed by atoms with van der Waals surface area (Å²) in [5.41, 5.74) is 6.52. The maximum Gasteiger partial charge on any atom is 0.153 e. The highest BCUT2D eigenvalue weighted by Gasteiger charge is 2.21. The number of aliphatic hydroxyl groups excluding tert-OH is 1. The summed E-state index contributed by atoms with van der Waals surface area (Å²) in [6, 6.07) is 0. The van der Waals surface area contributed by atoms with E-state index in [1.54, 1.807) is 0 Å². The minimum absolute atomic E-state index is 0.220. The molecule has 90 valence electrons. The number of rotatable bonds is 7. The smallest absolute Gasteiger partial charge is 0.153 e. The number of unbranched alkanes of at least 4 members (excludes halogenated alkanes) is 4. The van der Waals surface area contributed by atoms with E-state index in [2.05, 4.69) is 28.8 Å². The number of hydrogen-bond acceptors (Lipinski definition) is 3. The van der Waals surface area contributed by atoms with Gasteiger partial charge in [0.2, 0.25) is 0 Å². The summed E-state index contributed by atoms with van der Waals surface area (Å²) >= 11 is 0. The molecule has 0 radical (unpaired) electrons. The zero-order chi connectivity index (χ0) is 12.3. The van der Waals surface area contributed by atoms with Crippen molar-refractivity contribution in [1.82, 2.24) is 0 Å². The molecular weight excluding hydrogens is 206 g/mol. The van der Waals surface area contributed by atoms with Gasteiger partial charge in [0.15, 0.2) is 5.60 Å². The SMILES string of the molecule is CCCCCCC#C[C@](O)(CO)CN=[N+]=[N-]. The summed E-state index contributed by atoms with van der Waals surface area (Å²) in [7, 11) is 0. The zero-order valence-electron chi connectivity index (χ0n) is 9.69. The molecule has 0 aliphatic heterocycles. The van der Waals surface area contributed by atoms with Crippen LogP contribution in [0.3, 0.4) is 0 Å². The average Bonchev–Trinajstić information content (AvgIpc) is 2.31. The van der Waals surface area contributed by atoms with E-state index in [0.717, 1.165) is 12.8 Å². The predicted octanol–water partition coefficient (Wildman–Crippen LogP) is 1.99. The summed E-state index contributed by atoms with van der Waals surface area (Å²) in [4.78, 5) is 2.52. The second-order valence-corrected chi connectivity index (χ2v) is 3.69. The Hall–Kier alpha value is -1.21. The molecule has 0 bridgehead atoms. The molecule has 2 N–H and O–H groups in total. The monoisotopic (exact) mass is 225 g/mol. The molecule has 0 aliphatic rings. The number of azide groups is 1. The molecule has 0 saturated carbocycles. The summed E-state index contributed by atoms with van der Waals surface area (Å²) in [6.45, 7) is 1.39. The number of hydrogen-bond donors (Lipinski definition) is 2. The largest absolute Gasteiger partial charge is 0.392 e. The van der Waals surface area contributed by atoms with Crippen molar-refractivity contribution >= 4 is 0 Å². The van der Waals surface area contributed by atoms with Gasteiger partial charge in [-0.2, -0.15) is 0 Å². The molecule has 0 aromatic carbocycles. The van der Waals surface area contributed by atoms with E-state index < -0.39 is 12.2 Å². The van der Waals surface area contributed by atoms with Crippen LogP contribution in [0.25, 0.3) is 10.4 Å². The standard InChI is InChI=1S/C11H19N3O2/c1-2-3-4-5-6-7-8-11(16,10-15)9-13-14-12/h15-16H,2-6,9-10H2,1H3/t11-/m1/s1. The van der Waals surface area contributed by atoms with Gasteiger partial charge in [0.1, 0.15) is 0 Å². The van der Waals surface area contributed by atoms with Gasteiger partial charge in [-0.25, -0.2) is 0 Å². The van der Waals surface area contributed by atoms with Gasteiger partial charge in [-0.05, 0) is 12.0 Å². The summed E-state index contributed by atoms with van der Waals surface area (Å²) in [6.07, 6.45) is 5.16. The lowest BCUT2D eigenvalue weighted by Gasteiger charge is -2.15. The highest BCUT2D eigenvalue weighted by molar-refractivity contribution is 5.14. The third-order valence-corrected chi connectivity index (χ3v) is 2.13. The third-order valence-electron chi connectivity index (χ3n) is 2.13. The minimum atomic E-state index is -1.59. The van der Waals surface area contributed by atoms with E-state index in [9.17, 15) is 5.11 Å². The van der Waals surface area contributed by atoms with Crippen molar-refractivity contribution in [3.63, 3.8) is 0 Å². The Bertz CT molecular complexity index is 289. The number of aliphatic hydroxyl groups is 2. The third kappa shape index (κ3) is 7.13. The molecule has 0 amide bonds. The summed E-state index contributed by atoms with van der Waals surface area (Å²) in [5.74, 6) is 5.35. The molecule has 5 heteroatoms. The van der Waals surface area contributed by atoms with E-state index in [1.807, 2.05) is 0 Å². The van der Waals surface area contributed by atoms with Crippen molar-refractivity contribution in [3.8, 4) is 11.8 Å². The molecule has 0 saturated heterocycles. The molecule has 0 rings (SSSR count). The fourth-order valence-electron chi connectivity index (χ4n) is 1.14. The first-order valence-electron chi connectivity index (χ1n) is 5.52. The first-order chi connectivity index (χ1) is 7.68. The van der Waals surface area contributed by atoms with Crippen LogP contribution < -0.4 is 0 Å². The summed E-state index contributed by atoms with van der Waals surface area (Å²) < 4.78 is 0. The van der Waals surface area contributed by atoms with Crippen LogP contribution in [-0.2, 0) is 0 Å². The van der Waals surface area contributed by atoms with Gasteiger partial charge in [0, 0.05) is 11.3 Å². The van der Waals surface area contributed by atoms with Crippen LogP contribution in [-0.4, -0.2) is 29.0 Å². The topological polar surface area (TPSA) is 89.2 Å². The Morgan fingerprint density at radius 1 is 1.38 bits per heavy atom. The summed E-state index contributed by atoms with van der Waals surface area (Å²) in [5, 5.41) is 21.8. The Balaban J connectivity index is 4.00. The first-order valence-corrected chi connectivity index (χ1v) is 5.52. The zero-order valence-corrected chi connectivity index (χ0v) is 9.69. The highest BCUT2D eigenvalue weighted by Crippen LogP contribution is 2.05. The fourth-order valence-corrected chi connectivity index (χ4v) is 1.14. The van der Waals surface area contributed by atoms with Crippen LogP contribution in [0.2, 0.25) is 0 Å². The molecule has 0 heterocycles. The van der Waals surface area contributed by atoms with Gasteiger partial charge in [0.05, 0.1) is 13.2 Å². The maximum atomic E-state index is 9.67. The Morgan fingerprint density at radius 3 is 2.69 bits per heavy atom. The van der Waals surface area contributed by atoms with Crippen molar-refractivity contribution in [2.24, 2.45) is 5.11 Å². The van der Waals surface area contributed by atoms with Gasteiger partial charge in [-0.3, -0.25) is 0 Å². The average molecular weight is 225 g/mol. The molecule has 0 spiro atoms. The lowest BCUT2D eigenvalue weighted by atomic mass is 10.1. The van der Waals surface area contributed by atoms with Crippen LogP contribution in [0.4, 0.5) is 0 Å². The van der Waals surface area contributed by atoms with Crippen molar-refractivity contribution in [2.75, 3.05) is 13.2 Å². The van der Waals surface area contributed by atoms with E-state index in [-0.39, 0.29) is 6.54 Å². The van der Waals surface area contributed by atoms with Crippen molar-refractivity contribution < 1.29 is 10.2 Å². The maximum absolute atomic E-state index is 9.67. The van der Waals surface area contributed by atoms with Crippen molar-refractivity contribution in [3.05, 3.63) is 10.4 Å². The molecule has 16 heavy (non-hydrogen) atoms. The molecule has 0 aromatic rings. The molecular formula is C11H19N3O2. The van der Waals surface area contributed by atoms with E-state index in [1.165, 1.54) is 12.8 Å². The van der Waals surface area contributed by atoms with Gasteiger partial charge in [-0.15, -0.1) is 5.92 Å². The second-order valence-electron chi connectivity index (χ2n) is 3.69. The van der Waals surface area contributed by atoms with Crippen LogP contribution in [0.15, 0.2) is 5.11 Å². The molecule has 5 nitrogen and oxygen atoms in total. The Kier molecular flexibility index (Phi) is 8.36. The van der Waals surface area contributed by atoms with Crippen LogP contribution in [0.5, 0.6) is 0 Å². The predicted molar refractivity (Wildman–Crippen MR) is 62.6 cm³/mol. The Labute approximate surface area is 96.1 Å². The molecule has 0 aliphatic carbocycles. The lowest BCUT2D eigenvalue weighted by Crippen LogP contribution is -2.34. The van der Waals surface area contributed by atoms with Crippen molar-refractivity contribution in [1.29, 1.82) is 0 Å². The quantitative estimate of drug-likeness (QED) is 0.228.